The van der Waals surface area contributed by atoms with E-state index in [-0.39, 0.29) is 107 Å². The highest BCUT2D eigenvalue weighted by atomic mass is 79.9. The number of carboxylic acid groups (broad SMARTS) is 4. The molecule has 0 atom stereocenters. The summed E-state index contributed by atoms with van der Waals surface area (Å²) in [6.45, 7) is 18.0. The lowest BCUT2D eigenvalue weighted by molar-refractivity contribution is -0.385. The molecule has 13 aromatic carbocycles. The first-order valence-electron chi connectivity index (χ1n) is 45.9. The summed E-state index contributed by atoms with van der Waals surface area (Å²) >= 11 is 9.68. The Balaban J connectivity index is 0.000000187. The Kier molecular flexibility index (Phi) is 39.8. The Morgan fingerprint density at radius 3 is 1.03 bits per heavy atom. The van der Waals surface area contributed by atoms with Gasteiger partial charge in [0.1, 0.15) is 37.6 Å². The van der Waals surface area contributed by atoms with Gasteiger partial charge in [-0.05, 0) is 301 Å². The van der Waals surface area contributed by atoms with E-state index in [2.05, 4.69) is 132 Å². The fourth-order valence-corrected chi connectivity index (χ4v) is 18.0. The maximum absolute atomic E-state index is 12.7. The van der Waals surface area contributed by atoms with Crippen LogP contribution in [0.1, 0.15) is 206 Å². The normalized spacial score (nSPS) is 11.2. The molecule has 0 saturated carbocycles. The summed E-state index contributed by atoms with van der Waals surface area (Å²) in [7, 11) is 3.83. The lowest BCUT2D eigenvalue weighted by Crippen LogP contribution is -2.32. The molecule has 0 unspecified atom stereocenters. The zero-order chi connectivity index (χ0) is 110. The minimum atomic E-state index is -1.23. The lowest BCUT2D eigenvalue weighted by Gasteiger charge is -2.20. The molecule has 0 saturated heterocycles. The molecule has 0 bridgehead atoms. The molecular weight excluding hydrogens is 2120 g/mol. The van der Waals surface area contributed by atoms with Crippen LogP contribution in [0.3, 0.4) is 0 Å². The Labute approximate surface area is 888 Å². The number of fused-ring (bicyclic) bond motifs is 9. The Hall–Kier alpha value is -17.4. The molecule has 0 fully saturated rings. The first kappa shape index (κ1) is 115. The number of anilines is 5. The molecule has 3 aliphatic carbocycles. The average Bonchev–Trinajstić information content (AvgIpc) is 1.62. The van der Waals surface area contributed by atoms with E-state index in [1.165, 1.54) is 57.7 Å². The van der Waals surface area contributed by atoms with Crippen LogP contribution in [0.4, 0.5) is 53.3 Å². The van der Waals surface area contributed by atoms with Gasteiger partial charge in [-0.2, -0.15) is 10.5 Å². The Morgan fingerprint density at radius 2 is 0.680 bits per heavy atom. The van der Waals surface area contributed by atoms with Crippen LogP contribution in [0.25, 0.3) is 33.4 Å². The first-order chi connectivity index (χ1) is 71.3. The van der Waals surface area contributed by atoms with Crippen LogP contribution >= 0.6 is 47.8 Å². The number of rotatable bonds is 20. The molecule has 34 nitrogen and oxygen atoms in total. The number of nitro benzene ring substituents is 1. The first-order valence-corrected chi connectivity index (χ1v) is 48.2. The van der Waals surface area contributed by atoms with E-state index in [1.807, 2.05) is 129 Å². The Bertz CT molecular complexity index is 7380. The van der Waals surface area contributed by atoms with Crippen LogP contribution in [0.15, 0.2) is 250 Å². The fourth-order valence-electron chi connectivity index (χ4n) is 16.8. The number of carbonyl (C=O) groups excluding carboxylic acids is 7. The average molecular weight is 2230 g/mol. The van der Waals surface area contributed by atoms with Gasteiger partial charge in [0.15, 0.2) is 0 Å². The number of amides is 4. The maximum Gasteiger partial charge on any atom is 0.411 e. The number of non-ortho nitro benzene ring substituents is 1. The summed E-state index contributed by atoms with van der Waals surface area (Å²) in [4.78, 5) is 139. The smallest absolute Gasteiger partial charge is 0.411 e. The highest BCUT2D eigenvalue weighted by Gasteiger charge is 2.34. The van der Waals surface area contributed by atoms with Crippen LogP contribution in [-0.2, 0) is 46.2 Å². The minimum Gasteiger partial charge on any atom is -0.478 e. The number of aryl methyl sites for hydroxylation is 7. The van der Waals surface area contributed by atoms with E-state index in [4.69, 9.17) is 51.8 Å². The van der Waals surface area contributed by atoms with E-state index in [0.29, 0.717) is 81.6 Å². The number of nitro groups is 1. The number of nitrogens with two attached hydrogens (primary N) is 3. The molecule has 13 aromatic rings. The molecule has 14 N–H and O–H groups in total. The fraction of sp³-hybridized carbons (Fsp3) is 0.195. The molecule has 37 heteroatoms. The van der Waals surface area contributed by atoms with E-state index >= 15 is 0 Å². The van der Waals surface area contributed by atoms with Gasteiger partial charge >= 0.3 is 66.2 Å². The number of alkyl carbamates (subject to hydrolysis) is 1. The second-order valence-electron chi connectivity index (χ2n) is 35.0. The van der Waals surface area contributed by atoms with Gasteiger partial charge in [-0.3, -0.25) is 26.1 Å². The van der Waals surface area contributed by atoms with Crippen LogP contribution in [0.2, 0.25) is 0 Å². The summed E-state index contributed by atoms with van der Waals surface area (Å²) in [6.07, 6.45) is -2.65. The molecule has 0 spiro atoms. The van der Waals surface area contributed by atoms with Gasteiger partial charge < -0.3 is 76.1 Å². The quantitative estimate of drug-likeness (QED) is 0.0111. The third-order valence-corrected chi connectivity index (χ3v) is 26.9. The van der Waals surface area contributed by atoms with Crippen LogP contribution in [-0.4, -0.2) is 138 Å². The van der Waals surface area contributed by atoms with Crippen LogP contribution in [0, 0.1) is 81.2 Å². The number of esters is 3. The SMILES string of the molecule is COC(=O)c1cc(N)cc(C)c1Br.COC(=O)c1cc(N)cc(C)c1C#N.COC(=O)c1cc([N+](=O)[O-])cc(C)c1Br.Cc1cc(NC(=O)OCC2c3ccccc3-c3ccccc32)cc(C(=O)O)c1C#N.Cc1cc(NC(=O)OCC2c3ccccc3-c3ccccc32)cc(C(=O)O)c1CN.Cc1cc(NC(=O)OCC2c3ccccc3-c3ccccc32)cc(C(=O)O)c1CNC(=O)OC(C)(C)C.Cc1cccc(C(=O)O)c1Br. The molecule has 150 heavy (non-hydrogen) atoms. The van der Waals surface area contributed by atoms with E-state index in [9.17, 15) is 78.2 Å². The van der Waals surface area contributed by atoms with Crippen molar-refractivity contribution in [3.63, 3.8) is 0 Å². The maximum atomic E-state index is 12.7. The van der Waals surface area contributed by atoms with Crippen molar-refractivity contribution in [1.29, 1.82) is 10.5 Å². The Morgan fingerprint density at radius 1 is 0.373 bits per heavy atom. The summed E-state index contributed by atoms with van der Waals surface area (Å²) in [5.74, 6) is -6.13. The van der Waals surface area contributed by atoms with Gasteiger partial charge in [-0.1, -0.05) is 158 Å². The number of hydrogen-bond donors (Lipinski definition) is 11. The second kappa shape index (κ2) is 52.1. The van der Waals surface area contributed by atoms with Crippen molar-refractivity contribution in [3.8, 4) is 45.5 Å². The molecule has 0 heterocycles. The van der Waals surface area contributed by atoms with Crippen molar-refractivity contribution in [3.05, 3.63) is 394 Å². The van der Waals surface area contributed by atoms with E-state index < -0.39 is 70.7 Å². The number of nitriles is 2. The lowest BCUT2D eigenvalue weighted by atomic mass is 9.98. The largest absolute Gasteiger partial charge is 0.478 e. The molecule has 0 radical (unpaired) electrons. The highest BCUT2D eigenvalue weighted by molar-refractivity contribution is 9.11. The second-order valence-corrected chi connectivity index (χ2v) is 37.3. The van der Waals surface area contributed by atoms with Gasteiger partial charge in [0.2, 0.25) is 0 Å². The van der Waals surface area contributed by atoms with Crippen molar-refractivity contribution in [2.75, 3.05) is 68.6 Å². The number of carbonyl (C=O) groups is 11. The number of nitrogen functional groups attached to an aromatic ring is 2. The molecule has 4 amide bonds. The standard InChI is InChI=1S/C29H30N2O6.C24H22N2O4.C24H18N2O4.C10H10N2O2.C9H8BrNO4.C9H10BrNO2.C8H7BrO2/c1-17-13-18(14-23(26(32)33)24(17)15-30-27(34)37-29(2,3)4)31-28(35)36-16-25-21-11-7-5-9-19(21)20-10-6-8-12-22(20)25;2*1-14-10-15(11-20(23(27)28)21(14)12-25)26-24(29)30-13-22-18-8-4-2-6-16(18)17-7-3-5-9-19(17)22;1-6-3-7(12)4-8(9(6)5-11)10(13)14-2;1-5-3-6(11(13)14)4-7(8(5)10)9(12)15-2;1-5-3-6(11)4-7(8(5)10)9(12)13-2;1-5-3-2-4-6(7(5)9)8(10)11/h5-14,25H,15-16H2,1-4H3,(H,30,34)(H,31,35)(H,32,33);2-11,22H,12-13,25H2,1H3,(H,26,29)(H,27,28);2-11,22H,13H2,1H3,(H,26,29)(H,27,28);3-4H,12H2,1-2H3;3-4H,1-2H3;3-4H,11H2,1-2H3;2-4H,1H3,(H,10,11). The van der Waals surface area contributed by atoms with Gasteiger partial charge in [0.25, 0.3) is 5.69 Å². The predicted octanol–water partition coefficient (Wildman–Crippen LogP) is 23.8. The number of nitrogens with one attached hydrogen (secondary N) is 4. The van der Waals surface area contributed by atoms with Crippen LogP contribution in [0.5, 0.6) is 0 Å². The number of carboxylic acids is 4. The summed E-state index contributed by atoms with van der Waals surface area (Å²) in [6, 6.07) is 75.3. The zero-order valence-corrected chi connectivity index (χ0v) is 88.2. The zero-order valence-electron chi connectivity index (χ0n) is 83.4. The van der Waals surface area contributed by atoms with Gasteiger partial charge in [-0.25, -0.2) is 52.7 Å². The monoisotopic (exact) mass is 2220 g/mol. The number of aromatic carboxylic acids is 4. The highest BCUT2D eigenvalue weighted by Crippen LogP contribution is 2.48. The topological polar surface area (TPSA) is 550 Å². The van der Waals surface area contributed by atoms with Crippen molar-refractivity contribution in [2.24, 2.45) is 5.73 Å². The number of benzene rings is 13. The van der Waals surface area contributed by atoms with Crippen molar-refractivity contribution in [1.82, 2.24) is 5.32 Å². The van der Waals surface area contributed by atoms with Gasteiger partial charge in [0, 0.05) is 84.8 Å². The summed E-state index contributed by atoms with van der Waals surface area (Å²) in [5.41, 5.74) is 38.7. The number of halogens is 3. The number of methoxy groups -OCH3 is 3. The summed E-state index contributed by atoms with van der Waals surface area (Å²) < 4.78 is 37.3. The minimum absolute atomic E-state index is 0.0341. The number of ether oxygens (including phenoxy) is 7. The molecule has 0 aliphatic heterocycles. The number of hydrogen-bond acceptors (Lipinski definition) is 25. The predicted molar refractivity (Wildman–Crippen MR) is 575 cm³/mol. The van der Waals surface area contributed by atoms with Crippen molar-refractivity contribution < 1.29 is 111 Å². The third kappa shape index (κ3) is 28.9. The molecule has 0 aromatic heterocycles. The van der Waals surface area contributed by atoms with E-state index in [0.717, 1.165) is 82.4 Å². The summed E-state index contributed by atoms with van der Waals surface area (Å²) in [5, 5.41) is 76.1. The third-order valence-electron chi connectivity index (χ3n) is 23.7. The molecule has 3 aliphatic rings. The van der Waals surface area contributed by atoms with Gasteiger partial charge in [-0.15, -0.1) is 0 Å². The van der Waals surface area contributed by atoms with Crippen molar-refractivity contribution in [2.45, 2.75) is 106 Å². The van der Waals surface area contributed by atoms with Crippen LogP contribution < -0.4 is 38.5 Å². The number of nitrogens with zero attached hydrogens (tertiary/aromatic N) is 3. The van der Waals surface area contributed by atoms with Gasteiger partial charge in [0.05, 0.1) is 76.3 Å². The van der Waals surface area contributed by atoms with E-state index in [1.54, 1.807) is 104 Å². The molecular formula is C113H105Br3N10O24. The van der Waals surface area contributed by atoms with Crippen molar-refractivity contribution >= 4 is 148 Å². The molecule has 16 rings (SSSR count). The molecule has 772 valence electrons.